The van der Waals surface area contributed by atoms with Crippen LogP contribution in [0.1, 0.15) is 46.7 Å². The number of benzene rings is 2. The highest BCUT2D eigenvalue weighted by molar-refractivity contribution is 7.92. The molecule has 0 aliphatic heterocycles. The van der Waals surface area contributed by atoms with Crippen LogP contribution in [0.15, 0.2) is 39.6 Å². The van der Waals surface area contributed by atoms with Gasteiger partial charge in [-0.1, -0.05) is 17.7 Å². The third kappa shape index (κ3) is 4.15. The van der Waals surface area contributed by atoms with Crippen LogP contribution in [0.5, 0.6) is 0 Å². The fourth-order valence-corrected chi connectivity index (χ4v) is 5.11. The van der Waals surface area contributed by atoms with Crippen molar-refractivity contribution in [3.05, 3.63) is 58.3 Å². The van der Waals surface area contributed by atoms with Gasteiger partial charge in [0.1, 0.15) is 16.9 Å². The van der Waals surface area contributed by atoms with E-state index in [1.165, 1.54) is 0 Å². The normalized spacial score (nSPS) is 11.8. The maximum absolute atomic E-state index is 13.0. The summed E-state index contributed by atoms with van der Waals surface area (Å²) in [5.74, 6) is -0.0719. The zero-order valence-corrected chi connectivity index (χ0v) is 18.2. The summed E-state index contributed by atoms with van der Waals surface area (Å²) in [7, 11) is -3.80. The molecule has 2 aromatic carbocycles. The van der Waals surface area contributed by atoms with Crippen molar-refractivity contribution >= 4 is 32.6 Å². The summed E-state index contributed by atoms with van der Waals surface area (Å²) in [5, 5.41) is 0.505. The number of carbonyl (C=O) groups excluding carboxylic acids is 1. The summed E-state index contributed by atoms with van der Waals surface area (Å²) in [5.41, 5.74) is 3.49. The van der Waals surface area contributed by atoms with Gasteiger partial charge in [0.2, 0.25) is 0 Å². The Morgan fingerprint density at radius 2 is 1.66 bits per heavy atom. The molecule has 29 heavy (non-hydrogen) atoms. The summed E-state index contributed by atoms with van der Waals surface area (Å²) in [4.78, 5) is 12.7. The second-order valence-electron chi connectivity index (χ2n) is 7.53. The van der Waals surface area contributed by atoms with Crippen LogP contribution in [0.3, 0.4) is 0 Å². The molecular formula is C22H25NO5S. The minimum atomic E-state index is -3.80. The zero-order chi connectivity index (χ0) is 21.5. The number of aryl methyl sites for hydroxylation is 4. The van der Waals surface area contributed by atoms with Crippen molar-refractivity contribution in [1.29, 1.82) is 0 Å². The van der Waals surface area contributed by atoms with Crippen LogP contribution in [0, 0.1) is 27.7 Å². The lowest BCUT2D eigenvalue weighted by atomic mass is 10.1. The predicted octanol–water partition coefficient (Wildman–Crippen LogP) is 5.03. The number of fused-ring (bicyclic) bond motifs is 1. The van der Waals surface area contributed by atoms with Gasteiger partial charge in [-0.3, -0.25) is 4.72 Å². The van der Waals surface area contributed by atoms with Gasteiger partial charge in [0.15, 0.2) is 0 Å². The van der Waals surface area contributed by atoms with Gasteiger partial charge in [0.05, 0.1) is 11.0 Å². The Morgan fingerprint density at radius 3 is 2.24 bits per heavy atom. The third-order valence-corrected chi connectivity index (χ3v) is 6.22. The Bertz CT molecular complexity index is 1180. The van der Waals surface area contributed by atoms with Gasteiger partial charge in [-0.15, -0.1) is 0 Å². The number of rotatable bonds is 5. The van der Waals surface area contributed by atoms with Gasteiger partial charge in [-0.2, -0.15) is 0 Å². The average molecular weight is 416 g/mol. The molecule has 0 saturated heterocycles. The summed E-state index contributed by atoms with van der Waals surface area (Å²) >= 11 is 0. The molecule has 0 fully saturated rings. The lowest BCUT2D eigenvalue weighted by Crippen LogP contribution is -2.16. The first-order chi connectivity index (χ1) is 13.5. The topological polar surface area (TPSA) is 85.6 Å². The fraction of sp³-hybridized carbons (Fsp3) is 0.318. The molecule has 0 unspecified atom stereocenters. The second kappa shape index (κ2) is 7.55. The summed E-state index contributed by atoms with van der Waals surface area (Å²) < 4.78 is 39.6. The van der Waals surface area contributed by atoms with Crippen molar-refractivity contribution in [1.82, 2.24) is 0 Å². The smallest absolute Gasteiger partial charge is 0.342 e. The number of esters is 1. The molecule has 1 heterocycles. The van der Waals surface area contributed by atoms with E-state index in [2.05, 4.69) is 4.72 Å². The Labute approximate surface area is 170 Å². The molecule has 0 aliphatic carbocycles. The summed E-state index contributed by atoms with van der Waals surface area (Å²) in [6.45, 7) is 10.7. The first-order valence-corrected chi connectivity index (χ1v) is 10.8. The van der Waals surface area contributed by atoms with Crippen LogP contribution in [0.25, 0.3) is 11.0 Å². The van der Waals surface area contributed by atoms with Gasteiger partial charge in [-0.05, 0) is 70.9 Å². The second-order valence-corrected chi connectivity index (χ2v) is 9.15. The number of anilines is 1. The number of furan rings is 1. The van der Waals surface area contributed by atoms with Crippen LogP contribution in [-0.4, -0.2) is 20.5 Å². The van der Waals surface area contributed by atoms with Crippen LogP contribution in [0.2, 0.25) is 0 Å². The molecule has 0 spiro atoms. The third-order valence-electron chi connectivity index (χ3n) is 4.54. The van der Waals surface area contributed by atoms with Gasteiger partial charge in [0.25, 0.3) is 10.0 Å². The number of sulfonamides is 1. The Hall–Kier alpha value is -2.80. The molecule has 0 amide bonds. The van der Waals surface area contributed by atoms with E-state index in [4.69, 9.17) is 9.15 Å². The molecule has 0 atom stereocenters. The standard InChI is InChI=1S/C22H25NO5S/c1-12(2)27-22(24)20-16(6)28-19-8-7-17(11-18(19)20)23-29(25,26)21-14(4)9-13(3)10-15(21)5/h7-12,23H,1-6H3. The van der Waals surface area contributed by atoms with Crippen molar-refractivity contribution in [2.75, 3.05) is 4.72 Å². The Kier molecular flexibility index (Phi) is 5.45. The van der Waals surface area contributed by atoms with E-state index in [0.29, 0.717) is 39.1 Å². The van der Waals surface area contributed by atoms with Gasteiger partial charge < -0.3 is 9.15 Å². The maximum Gasteiger partial charge on any atom is 0.342 e. The molecule has 1 N–H and O–H groups in total. The minimum absolute atomic E-state index is 0.256. The maximum atomic E-state index is 13.0. The molecule has 154 valence electrons. The Morgan fingerprint density at radius 1 is 1.03 bits per heavy atom. The van der Waals surface area contributed by atoms with E-state index < -0.39 is 16.0 Å². The molecule has 3 rings (SSSR count). The molecule has 1 aromatic heterocycles. The summed E-state index contributed by atoms with van der Waals surface area (Å²) in [6, 6.07) is 8.52. The van der Waals surface area contributed by atoms with Crippen molar-refractivity contribution in [2.24, 2.45) is 0 Å². The van der Waals surface area contributed by atoms with Crippen molar-refractivity contribution in [3.8, 4) is 0 Å². The first-order valence-electron chi connectivity index (χ1n) is 9.34. The molecule has 3 aromatic rings. The van der Waals surface area contributed by atoms with E-state index in [-0.39, 0.29) is 11.0 Å². The molecule has 7 heteroatoms. The monoisotopic (exact) mass is 415 g/mol. The quantitative estimate of drug-likeness (QED) is 0.591. The minimum Gasteiger partial charge on any atom is -0.460 e. The van der Waals surface area contributed by atoms with Crippen molar-refractivity contribution < 1.29 is 22.4 Å². The molecular weight excluding hydrogens is 390 g/mol. The lowest BCUT2D eigenvalue weighted by molar-refractivity contribution is 0.0378. The number of carbonyl (C=O) groups is 1. The number of nitrogens with one attached hydrogen (secondary N) is 1. The van der Waals surface area contributed by atoms with E-state index in [9.17, 15) is 13.2 Å². The summed E-state index contributed by atoms with van der Waals surface area (Å²) in [6.07, 6.45) is -0.277. The molecule has 0 aliphatic rings. The highest BCUT2D eigenvalue weighted by Gasteiger charge is 2.23. The highest BCUT2D eigenvalue weighted by Crippen LogP contribution is 2.31. The highest BCUT2D eigenvalue weighted by atomic mass is 32.2. The van der Waals surface area contributed by atoms with Gasteiger partial charge >= 0.3 is 5.97 Å². The van der Waals surface area contributed by atoms with Gasteiger partial charge in [0, 0.05) is 11.1 Å². The number of ether oxygens (including phenoxy) is 1. The van der Waals surface area contributed by atoms with Gasteiger partial charge in [-0.25, -0.2) is 13.2 Å². The zero-order valence-electron chi connectivity index (χ0n) is 17.4. The van der Waals surface area contributed by atoms with E-state index in [1.807, 2.05) is 19.1 Å². The molecule has 0 bridgehead atoms. The SMILES string of the molecule is Cc1cc(C)c(S(=O)(=O)Nc2ccc3oc(C)c(C(=O)OC(C)C)c3c2)c(C)c1. The molecule has 6 nitrogen and oxygen atoms in total. The van der Waals surface area contributed by atoms with E-state index >= 15 is 0 Å². The van der Waals surface area contributed by atoms with Crippen LogP contribution in [0.4, 0.5) is 5.69 Å². The molecule has 0 saturated carbocycles. The fourth-order valence-electron chi connectivity index (χ4n) is 3.61. The first kappa shape index (κ1) is 20.9. The van der Waals surface area contributed by atoms with Crippen LogP contribution >= 0.6 is 0 Å². The van der Waals surface area contributed by atoms with E-state index in [0.717, 1.165) is 5.56 Å². The van der Waals surface area contributed by atoms with Crippen molar-refractivity contribution in [3.63, 3.8) is 0 Å². The number of hydrogen-bond acceptors (Lipinski definition) is 5. The average Bonchev–Trinajstić information content (AvgIpc) is 2.87. The molecule has 0 radical (unpaired) electrons. The lowest BCUT2D eigenvalue weighted by Gasteiger charge is -2.14. The van der Waals surface area contributed by atoms with E-state index in [1.54, 1.807) is 52.8 Å². The largest absolute Gasteiger partial charge is 0.460 e. The Balaban J connectivity index is 2.04. The predicted molar refractivity (Wildman–Crippen MR) is 113 cm³/mol. The van der Waals surface area contributed by atoms with Crippen LogP contribution < -0.4 is 4.72 Å². The number of hydrogen-bond donors (Lipinski definition) is 1. The van der Waals surface area contributed by atoms with Crippen molar-refractivity contribution in [2.45, 2.75) is 52.5 Å². The van der Waals surface area contributed by atoms with Crippen LogP contribution in [-0.2, 0) is 14.8 Å².